The molecule has 0 rings (SSSR count). The van der Waals surface area contributed by atoms with Crippen molar-refractivity contribution >= 4 is 90.8 Å². The van der Waals surface area contributed by atoms with E-state index in [-0.39, 0.29) is 65.7 Å². The van der Waals surface area contributed by atoms with Crippen LogP contribution < -0.4 is 5.73 Å². The molecule has 8 heteroatoms. The Morgan fingerprint density at radius 1 is 1.45 bits per heavy atom. The third kappa shape index (κ3) is 11.9. The SMILES string of the molecule is NCCOC(=O)N(S)S.[NaH].[NaH]. The molecule has 0 bridgehead atoms. The number of rotatable bonds is 2. The predicted molar refractivity (Wildman–Crippen MR) is 54.5 cm³/mol. The Morgan fingerprint density at radius 3 is 2.18 bits per heavy atom. The van der Waals surface area contributed by atoms with Gasteiger partial charge < -0.3 is 10.5 Å². The van der Waals surface area contributed by atoms with Gasteiger partial charge in [0.2, 0.25) is 0 Å². The second-order valence-electron chi connectivity index (χ2n) is 1.19. The minimum absolute atomic E-state index is 0. The van der Waals surface area contributed by atoms with Crippen LogP contribution in [0, 0.1) is 0 Å². The molecule has 0 aliphatic heterocycles. The van der Waals surface area contributed by atoms with Crippen molar-refractivity contribution in [1.29, 1.82) is 0 Å². The molecule has 0 spiro atoms. The van der Waals surface area contributed by atoms with E-state index < -0.39 is 6.09 Å². The van der Waals surface area contributed by atoms with Gasteiger partial charge in [-0.05, 0) is 25.6 Å². The molecule has 0 fully saturated rings. The van der Waals surface area contributed by atoms with Crippen molar-refractivity contribution in [3.8, 4) is 0 Å². The van der Waals surface area contributed by atoms with Crippen LogP contribution >= 0.6 is 25.6 Å². The second kappa shape index (κ2) is 11.9. The van der Waals surface area contributed by atoms with E-state index in [2.05, 4.69) is 30.4 Å². The average molecular weight is 216 g/mol. The molecule has 0 unspecified atom stereocenters. The van der Waals surface area contributed by atoms with Crippen LogP contribution in [0.5, 0.6) is 0 Å². The molecule has 0 aliphatic rings. The van der Waals surface area contributed by atoms with Gasteiger partial charge in [0.1, 0.15) is 6.61 Å². The van der Waals surface area contributed by atoms with Gasteiger partial charge in [0.25, 0.3) is 0 Å². The normalized spacial score (nSPS) is 7.18. The van der Waals surface area contributed by atoms with Gasteiger partial charge in [-0.2, -0.15) is 3.71 Å². The Morgan fingerprint density at radius 2 is 1.91 bits per heavy atom. The summed E-state index contributed by atoms with van der Waals surface area (Å²) in [6, 6.07) is 0. The molecule has 0 saturated carbocycles. The quantitative estimate of drug-likeness (QED) is 0.400. The van der Waals surface area contributed by atoms with Gasteiger partial charge in [0, 0.05) is 6.54 Å². The van der Waals surface area contributed by atoms with Gasteiger partial charge in [0.05, 0.1) is 0 Å². The first-order valence-electron chi connectivity index (χ1n) is 2.23. The van der Waals surface area contributed by atoms with Gasteiger partial charge in [-0.15, -0.1) is 0 Å². The molecule has 0 aromatic heterocycles. The van der Waals surface area contributed by atoms with E-state index >= 15 is 0 Å². The Kier molecular flexibility index (Phi) is 20.2. The van der Waals surface area contributed by atoms with Gasteiger partial charge in [-0.1, -0.05) is 0 Å². The van der Waals surface area contributed by atoms with Crippen molar-refractivity contribution in [1.82, 2.24) is 3.71 Å². The van der Waals surface area contributed by atoms with E-state index in [1.165, 1.54) is 0 Å². The fourth-order valence-corrected chi connectivity index (χ4v) is 0.319. The number of hydrogen-bond donors (Lipinski definition) is 3. The topological polar surface area (TPSA) is 55.6 Å². The Hall–Kier alpha value is 1.93. The first-order valence-corrected chi connectivity index (χ1v) is 3.03. The van der Waals surface area contributed by atoms with Crippen LogP contribution in [-0.4, -0.2) is 82.1 Å². The third-order valence-electron chi connectivity index (χ3n) is 0.507. The fourth-order valence-electron chi connectivity index (χ4n) is 0.204. The minimum atomic E-state index is -0.618. The van der Waals surface area contributed by atoms with Crippen LogP contribution in [0.4, 0.5) is 4.79 Å². The van der Waals surface area contributed by atoms with Crippen LogP contribution in [-0.2, 0) is 4.74 Å². The number of carbonyl (C=O) groups excluding carboxylic acids is 1. The summed E-state index contributed by atoms with van der Waals surface area (Å²) in [7, 11) is 0. The molecule has 4 nitrogen and oxygen atoms in total. The number of nitrogens with two attached hydrogens (primary N) is 1. The summed E-state index contributed by atoms with van der Waals surface area (Å²) in [4.78, 5) is 10.4. The molecule has 0 aromatic rings. The van der Waals surface area contributed by atoms with Crippen molar-refractivity contribution in [2.24, 2.45) is 5.73 Å². The van der Waals surface area contributed by atoms with Gasteiger partial charge in [-0.25, -0.2) is 4.79 Å². The zero-order chi connectivity index (χ0) is 7.28. The van der Waals surface area contributed by atoms with Crippen LogP contribution in [0.2, 0.25) is 0 Å². The molecule has 11 heavy (non-hydrogen) atoms. The predicted octanol–water partition coefficient (Wildman–Crippen LogP) is -1.22. The standard InChI is InChI=1S/C3H8N2O2S2.2Na.2H/c4-1-2-7-3(6)5(8)9;;;;/h8-9H,1-2,4H2;;;;. The van der Waals surface area contributed by atoms with E-state index in [0.29, 0.717) is 6.54 Å². The van der Waals surface area contributed by atoms with Crippen LogP contribution in [0.3, 0.4) is 0 Å². The molecule has 0 heterocycles. The Balaban J connectivity index is -0.000000320. The number of carbonyl (C=O) groups is 1. The zero-order valence-corrected chi connectivity index (χ0v) is 6.44. The van der Waals surface area contributed by atoms with Crippen molar-refractivity contribution < 1.29 is 9.53 Å². The first-order chi connectivity index (χ1) is 4.18. The first kappa shape index (κ1) is 18.7. The molecule has 58 valence electrons. The third-order valence-corrected chi connectivity index (χ3v) is 0.833. The summed E-state index contributed by atoms with van der Waals surface area (Å²) in [5.41, 5.74) is 5.03. The van der Waals surface area contributed by atoms with Gasteiger partial charge >= 0.3 is 65.2 Å². The molecular weight excluding hydrogens is 206 g/mol. The average Bonchev–Trinajstić information content (AvgIpc) is 1.82. The Labute approximate surface area is 121 Å². The van der Waals surface area contributed by atoms with E-state index in [9.17, 15) is 4.79 Å². The van der Waals surface area contributed by atoms with E-state index in [4.69, 9.17) is 5.73 Å². The van der Waals surface area contributed by atoms with Crippen molar-refractivity contribution in [2.75, 3.05) is 13.2 Å². The van der Waals surface area contributed by atoms with Crippen LogP contribution in [0.1, 0.15) is 0 Å². The van der Waals surface area contributed by atoms with Gasteiger partial charge in [0.15, 0.2) is 0 Å². The van der Waals surface area contributed by atoms with E-state index in [1.807, 2.05) is 0 Å². The summed E-state index contributed by atoms with van der Waals surface area (Å²) in [6.45, 7) is 0.498. The van der Waals surface area contributed by atoms with Crippen molar-refractivity contribution in [3.05, 3.63) is 0 Å². The summed E-state index contributed by atoms with van der Waals surface area (Å²) >= 11 is 7.10. The number of amides is 1. The summed E-state index contributed by atoms with van der Waals surface area (Å²) in [5, 5.41) is 0. The molecule has 0 atom stereocenters. The summed E-state index contributed by atoms with van der Waals surface area (Å²) in [5.74, 6) is 0. The second-order valence-corrected chi connectivity index (χ2v) is 2.31. The maximum absolute atomic E-state index is 10.4. The molecule has 0 aromatic carbocycles. The fraction of sp³-hybridized carbons (Fsp3) is 0.667. The van der Waals surface area contributed by atoms with Crippen LogP contribution in [0.15, 0.2) is 0 Å². The number of ether oxygens (including phenoxy) is 1. The van der Waals surface area contributed by atoms with E-state index in [0.717, 1.165) is 3.71 Å². The van der Waals surface area contributed by atoms with Crippen LogP contribution in [0.25, 0.3) is 0 Å². The molecule has 0 saturated heterocycles. The number of hydrogen-bond acceptors (Lipinski definition) is 5. The van der Waals surface area contributed by atoms with Gasteiger partial charge in [-0.3, -0.25) is 0 Å². The zero-order valence-electron chi connectivity index (χ0n) is 4.65. The van der Waals surface area contributed by atoms with E-state index in [1.54, 1.807) is 0 Å². The molecule has 1 amide bonds. The Bertz CT molecular complexity index is 105. The summed E-state index contributed by atoms with van der Waals surface area (Å²) < 4.78 is 5.21. The summed E-state index contributed by atoms with van der Waals surface area (Å²) in [6.07, 6.45) is -0.618. The monoisotopic (exact) mass is 216 g/mol. The maximum atomic E-state index is 10.4. The van der Waals surface area contributed by atoms with Crippen molar-refractivity contribution in [3.63, 3.8) is 0 Å². The molecular formula is C3H10N2Na2O2S2. The number of nitrogens with zero attached hydrogens (tertiary/aromatic N) is 1. The molecule has 0 aliphatic carbocycles. The molecule has 0 radical (unpaired) electrons. The number of thiol groups is 2. The molecule has 2 N–H and O–H groups in total. The van der Waals surface area contributed by atoms with Crippen molar-refractivity contribution in [2.45, 2.75) is 0 Å².